The minimum atomic E-state index is -4.53. The molecule has 5 nitrogen and oxygen atoms in total. The van der Waals surface area contributed by atoms with Crippen LogP contribution in [0.2, 0.25) is 0 Å². The van der Waals surface area contributed by atoms with Gasteiger partial charge in [0.05, 0.1) is 17.2 Å². The molecule has 0 radical (unpaired) electrons. The van der Waals surface area contributed by atoms with Crippen molar-refractivity contribution in [1.29, 1.82) is 0 Å². The van der Waals surface area contributed by atoms with Crippen molar-refractivity contribution in [1.82, 2.24) is 20.2 Å². The van der Waals surface area contributed by atoms with Crippen molar-refractivity contribution in [2.45, 2.75) is 12.2 Å². The standard InChI is InChI=1S/C16H15F3N4O/c17-16(18,19)13-7-12(8-22-9-13)15(24)23-6-5-21-10-14(23)11-1-3-20-4-2-11/h1-4,7-9,14,21H,5-6,10H2. The second-order valence-electron chi connectivity index (χ2n) is 5.46. The predicted octanol–water partition coefficient (Wildman–Crippen LogP) is 2.28. The van der Waals surface area contributed by atoms with Crippen LogP contribution in [0.4, 0.5) is 13.2 Å². The van der Waals surface area contributed by atoms with Crippen molar-refractivity contribution in [3.8, 4) is 0 Å². The SMILES string of the molecule is O=C(c1cncc(C(F)(F)F)c1)N1CCNCC1c1ccncc1. The third-order valence-electron chi connectivity index (χ3n) is 3.91. The summed E-state index contributed by atoms with van der Waals surface area (Å²) in [6.45, 7) is 1.52. The lowest BCUT2D eigenvalue weighted by molar-refractivity contribution is -0.137. The summed E-state index contributed by atoms with van der Waals surface area (Å²) in [7, 11) is 0. The van der Waals surface area contributed by atoms with Gasteiger partial charge in [-0.25, -0.2) is 0 Å². The molecule has 126 valence electrons. The van der Waals surface area contributed by atoms with Crippen molar-refractivity contribution < 1.29 is 18.0 Å². The Labute approximate surface area is 136 Å². The molecule has 1 aliphatic heterocycles. The topological polar surface area (TPSA) is 58.1 Å². The number of amides is 1. The van der Waals surface area contributed by atoms with Crippen LogP contribution in [0.3, 0.4) is 0 Å². The van der Waals surface area contributed by atoms with Gasteiger partial charge in [-0.15, -0.1) is 0 Å². The number of carbonyl (C=O) groups is 1. The monoisotopic (exact) mass is 336 g/mol. The van der Waals surface area contributed by atoms with Crippen LogP contribution in [0.15, 0.2) is 43.0 Å². The smallest absolute Gasteiger partial charge is 0.329 e. The van der Waals surface area contributed by atoms with Gasteiger partial charge in [0.2, 0.25) is 0 Å². The number of piperazine rings is 1. The largest absolute Gasteiger partial charge is 0.417 e. The molecule has 24 heavy (non-hydrogen) atoms. The van der Waals surface area contributed by atoms with Crippen LogP contribution >= 0.6 is 0 Å². The van der Waals surface area contributed by atoms with E-state index >= 15 is 0 Å². The van der Waals surface area contributed by atoms with Crippen molar-refractivity contribution in [2.24, 2.45) is 0 Å². The number of nitrogens with zero attached hydrogens (tertiary/aromatic N) is 3. The van der Waals surface area contributed by atoms with Gasteiger partial charge in [-0.05, 0) is 23.8 Å². The molecule has 0 aliphatic carbocycles. The van der Waals surface area contributed by atoms with Crippen LogP contribution in [0.25, 0.3) is 0 Å². The molecule has 8 heteroatoms. The lowest BCUT2D eigenvalue weighted by Crippen LogP contribution is -2.48. The van der Waals surface area contributed by atoms with Gasteiger partial charge < -0.3 is 10.2 Å². The fourth-order valence-electron chi connectivity index (χ4n) is 2.71. The van der Waals surface area contributed by atoms with Crippen molar-refractivity contribution in [2.75, 3.05) is 19.6 Å². The maximum atomic E-state index is 12.8. The molecule has 2 aromatic heterocycles. The van der Waals surface area contributed by atoms with E-state index in [1.54, 1.807) is 29.4 Å². The average molecular weight is 336 g/mol. The van der Waals surface area contributed by atoms with Crippen molar-refractivity contribution in [3.05, 3.63) is 59.7 Å². The van der Waals surface area contributed by atoms with E-state index in [9.17, 15) is 18.0 Å². The minimum Gasteiger partial charge on any atom is -0.329 e. The zero-order valence-electron chi connectivity index (χ0n) is 12.6. The predicted molar refractivity (Wildman–Crippen MR) is 80.1 cm³/mol. The van der Waals surface area contributed by atoms with E-state index in [1.807, 2.05) is 0 Å². The number of nitrogens with one attached hydrogen (secondary N) is 1. The molecule has 1 unspecified atom stereocenters. The summed E-state index contributed by atoms with van der Waals surface area (Å²) in [4.78, 5) is 21.8. The van der Waals surface area contributed by atoms with Gasteiger partial charge in [-0.3, -0.25) is 14.8 Å². The first kappa shape index (κ1) is 16.4. The fraction of sp³-hybridized carbons (Fsp3) is 0.312. The number of rotatable bonds is 2. The number of halogens is 3. The van der Waals surface area contributed by atoms with E-state index in [0.29, 0.717) is 19.6 Å². The maximum absolute atomic E-state index is 12.8. The third kappa shape index (κ3) is 3.38. The Morgan fingerprint density at radius 1 is 1.21 bits per heavy atom. The summed E-state index contributed by atoms with van der Waals surface area (Å²) in [5.74, 6) is -0.461. The van der Waals surface area contributed by atoms with E-state index < -0.39 is 17.6 Å². The number of alkyl halides is 3. The summed E-state index contributed by atoms with van der Waals surface area (Å²) >= 11 is 0. The average Bonchev–Trinajstić information content (AvgIpc) is 2.61. The van der Waals surface area contributed by atoms with Gasteiger partial charge in [-0.2, -0.15) is 13.2 Å². The summed E-state index contributed by atoms with van der Waals surface area (Å²) in [6, 6.07) is 4.18. The Kier molecular flexibility index (Phi) is 4.48. The van der Waals surface area contributed by atoms with Crippen LogP contribution in [0, 0.1) is 0 Å². The van der Waals surface area contributed by atoms with E-state index in [-0.39, 0.29) is 11.6 Å². The summed E-state index contributed by atoms with van der Waals surface area (Å²) in [6.07, 6.45) is 0.603. The fourth-order valence-corrected chi connectivity index (χ4v) is 2.71. The molecule has 1 fully saturated rings. The normalized spacial score (nSPS) is 18.5. The Morgan fingerprint density at radius 3 is 2.67 bits per heavy atom. The van der Waals surface area contributed by atoms with Crippen molar-refractivity contribution >= 4 is 5.91 Å². The maximum Gasteiger partial charge on any atom is 0.417 e. The first-order chi connectivity index (χ1) is 11.5. The molecule has 0 aromatic carbocycles. The number of aromatic nitrogens is 2. The lowest BCUT2D eigenvalue weighted by atomic mass is 10.0. The molecule has 1 aliphatic rings. The Balaban J connectivity index is 1.90. The summed E-state index contributed by atoms with van der Waals surface area (Å²) in [5.41, 5.74) is -0.111. The summed E-state index contributed by atoms with van der Waals surface area (Å²) in [5, 5.41) is 3.20. The van der Waals surface area contributed by atoms with Gasteiger partial charge in [0.1, 0.15) is 0 Å². The molecule has 1 amide bonds. The van der Waals surface area contributed by atoms with Crippen LogP contribution in [0.5, 0.6) is 0 Å². The lowest BCUT2D eigenvalue weighted by Gasteiger charge is -2.36. The van der Waals surface area contributed by atoms with Gasteiger partial charge >= 0.3 is 6.18 Å². The highest BCUT2D eigenvalue weighted by Crippen LogP contribution is 2.30. The highest BCUT2D eigenvalue weighted by Gasteiger charge is 2.33. The highest BCUT2D eigenvalue weighted by atomic mass is 19.4. The van der Waals surface area contributed by atoms with Crippen LogP contribution in [-0.4, -0.2) is 40.4 Å². The first-order valence-corrected chi connectivity index (χ1v) is 7.40. The second-order valence-corrected chi connectivity index (χ2v) is 5.46. The van der Waals surface area contributed by atoms with Crippen LogP contribution in [0.1, 0.15) is 27.5 Å². The zero-order valence-corrected chi connectivity index (χ0v) is 12.6. The second kappa shape index (κ2) is 6.56. The molecule has 2 aromatic rings. The van der Waals surface area contributed by atoms with Crippen molar-refractivity contribution in [3.63, 3.8) is 0 Å². The number of hydrogen-bond donors (Lipinski definition) is 1. The van der Waals surface area contributed by atoms with Gasteiger partial charge in [0.25, 0.3) is 5.91 Å². The Morgan fingerprint density at radius 2 is 1.96 bits per heavy atom. The molecule has 3 heterocycles. The molecule has 3 rings (SSSR count). The van der Waals surface area contributed by atoms with Crippen LogP contribution in [-0.2, 0) is 6.18 Å². The number of carbonyl (C=O) groups excluding carboxylic acids is 1. The molecule has 1 N–H and O–H groups in total. The molecular weight excluding hydrogens is 321 g/mol. The van der Waals surface area contributed by atoms with E-state index in [4.69, 9.17) is 0 Å². The third-order valence-corrected chi connectivity index (χ3v) is 3.91. The van der Waals surface area contributed by atoms with Crippen LogP contribution < -0.4 is 5.32 Å². The molecule has 1 atom stereocenters. The molecular formula is C16H15F3N4O. The van der Waals surface area contributed by atoms with Gasteiger partial charge in [0, 0.05) is 44.4 Å². The number of hydrogen-bond acceptors (Lipinski definition) is 4. The van der Waals surface area contributed by atoms with E-state index in [0.717, 1.165) is 17.8 Å². The molecule has 0 bridgehead atoms. The van der Waals surface area contributed by atoms with Gasteiger partial charge in [-0.1, -0.05) is 0 Å². The Hall–Kier alpha value is -2.48. The highest BCUT2D eigenvalue weighted by molar-refractivity contribution is 5.94. The minimum absolute atomic E-state index is 0.0641. The molecule has 0 spiro atoms. The summed E-state index contributed by atoms with van der Waals surface area (Å²) < 4.78 is 38.5. The molecule has 0 saturated carbocycles. The number of pyridine rings is 2. The molecule has 1 saturated heterocycles. The van der Waals surface area contributed by atoms with E-state index in [1.165, 1.54) is 6.20 Å². The Bertz CT molecular complexity index is 721. The van der Waals surface area contributed by atoms with E-state index in [2.05, 4.69) is 15.3 Å². The quantitative estimate of drug-likeness (QED) is 0.914. The first-order valence-electron chi connectivity index (χ1n) is 7.40. The van der Waals surface area contributed by atoms with Gasteiger partial charge in [0.15, 0.2) is 0 Å². The zero-order chi connectivity index (χ0) is 17.2.